The quantitative estimate of drug-likeness (QED) is 0.587. The zero-order valence-electron chi connectivity index (χ0n) is 17.6. The van der Waals surface area contributed by atoms with E-state index in [-0.39, 0.29) is 16.2 Å². The minimum atomic E-state index is -0.294. The normalized spacial score (nSPS) is 15.0. The Balaban J connectivity index is 3.47. The second kappa shape index (κ2) is 7.93. The lowest BCUT2D eigenvalue weighted by molar-refractivity contribution is -0.116. The summed E-state index contributed by atoms with van der Waals surface area (Å²) in [5.74, 6) is 0.408. The second-order valence-electron chi connectivity index (χ2n) is 9.65. The molecular weight excluding hydrogens is 308 g/mol. The SMILES string of the molecule is CCCCC(C=O)(CC)Cc1cc(C(C)(C)C)c(O)c(C(C)(C)C)c1. The average Bonchev–Trinajstić information content (AvgIpc) is 2.50. The first-order valence-electron chi connectivity index (χ1n) is 9.73. The summed E-state index contributed by atoms with van der Waals surface area (Å²) >= 11 is 0. The molecule has 25 heavy (non-hydrogen) atoms. The van der Waals surface area contributed by atoms with Gasteiger partial charge in [-0.2, -0.15) is 0 Å². The van der Waals surface area contributed by atoms with Gasteiger partial charge in [0.1, 0.15) is 12.0 Å². The zero-order chi connectivity index (χ0) is 19.5. The highest BCUT2D eigenvalue weighted by molar-refractivity contribution is 5.61. The maximum atomic E-state index is 11.9. The summed E-state index contributed by atoms with van der Waals surface area (Å²) in [6.07, 6.45) is 5.88. The van der Waals surface area contributed by atoms with E-state index in [1.807, 2.05) is 0 Å². The summed E-state index contributed by atoms with van der Waals surface area (Å²) in [6, 6.07) is 4.23. The molecule has 0 spiro atoms. The predicted octanol–water partition coefficient (Wildman–Crippen LogP) is 6.32. The van der Waals surface area contributed by atoms with Crippen molar-refractivity contribution >= 4 is 6.29 Å². The van der Waals surface area contributed by atoms with E-state index in [9.17, 15) is 9.90 Å². The number of benzene rings is 1. The van der Waals surface area contributed by atoms with Gasteiger partial charge in [0.05, 0.1) is 0 Å². The Hall–Kier alpha value is -1.31. The Morgan fingerprint density at radius 3 is 1.76 bits per heavy atom. The highest BCUT2D eigenvalue weighted by Gasteiger charge is 2.31. The van der Waals surface area contributed by atoms with Crippen LogP contribution in [0.5, 0.6) is 5.75 Å². The first kappa shape index (κ1) is 21.7. The van der Waals surface area contributed by atoms with Crippen LogP contribution in [0.1, 0.15) is 97.8 Å². The number of rotatable bonds is 7. The van der Waals surface area contributed by atoms with Crippen molar-refractivity contribution in [2.24, 2.45) is 5.41 Å². The van der Waals surface area contributed by atoms with Gasteiger partial charge in [-0.1, -0.05) is 80.4 Å². The summed E-state index contributed by atoms with van der Waals surface area (Å²) < 4.78 is 0. The third kappa shape index (κ3) is 5.33. The topological polar surface area (TPSA) is 37.3 Å². The van der Waals surface area contributed by atoms with E-state index in [0.29, 0.717) is 5.75 Å². The van der Waals surface area contributed by atoms with Gasteiger partial charge in [0.2, 0.25) is 0 Å². The van der Waals surface area contributed by atoms with Crippen molar-refractivity contribution in [3.63, 3.8) is 0 Å². The first-order chi connectivity index (χ1) is 11.4. The van der Waals surface area contributed by atoms with Gasteiger partial charge in [-0.05, 0) is 46.8 Å². The molecule has 0 radical (unpaired) electrons. The summed E-state index contributed by atoms with van der Waals surface area (Å²) in [7, 11) is 0. The van der Waals surface area contributed by atoms with Crippen molar-refractivity contribution in [1.29, 1.82) is 0 Å². The van der Waals surface area contributed by atoms with E-state index in [2.05, 4.69) is 67.5 Å². The largest absolute Gasteiger partial charge is 0.507 e. The molecule has 0 aromatic heterocycles. The van der Waals surface area contributed by atoms with E-state index in [1.54, 1.807) is 0 Å². The number of phenolic OH excluding ortho intramolecular Hbond substituents is 1. The highest BCUT2D eigenvalue weighted by atomic mass is 16.3. The lowest BCUT2D eigenvalue weighted by Crippen LogP contribution is -2.26. The fraction of sp³-hybridized carbons (Fsp3) is 0.696. The monoisotopic (exact) mass is 346 g/mol. The summed E-state index contributed by atoms with van der Waals surface area (Å²) in [4.78, 5) is 11.9. The van der Waals surface area contributed by atoms with Crippen LogP contribution >= 0.6 is 0 Å². The average molecular weight is 347 g/mol. The Morgan fingerprint density at radius 1 is 0.960 bits per heavy atom. The number of aldehydes is 1. The molecule has 0 saturated heterocycles. The van der Waals surface area contributed by atoms with Crippen LogP contribution in [0.15, 0.2) is 12.1 Å². The molecule has 0 aliphatic heterocycles. The number of aromatic hydroxyl groups is 1. The number of carbonyl (C=O) groups is 1. The van der Waals surface area contributed by atoms with Crippen LogP contribution in [-0.2, 0) is 22.0 Å². The van der Waals surface area contributed by atoms with Crippen LogP contribution in [0.4, 0.5) is 0 Å². The predicted molar refractivity (Wildman–Crippen MR) is 108 cm³/mol. The number of hydrogen-bond acceptors (Lipinski definition) is 2. The number of hydrogen-bond donors (Lipinski definition) is 1. The molecule has 2 heteroatoms. The molecule has 0 bridgehead atoms. The Morgan fingerprint density at radius 2 is 1.44 bits per heavy atom. The molecular formula is C23H38O2. The molecule has 0 heterocycles. The summed E-state index contributed by atoms with van der Waals surface area (Å²) in [5.41, 5.74) is 2.54. The van der Waals surface area contributed by atoms with Crippen LogP contribution in [-0.4, -0.2) is 11.4 Å². The van der Waals surface area contributed by atoms with Gasteiger partial charge < -0.3 is 9.90 Å². The van der Waals surface area contributed by atoms with Gasteiger partial charge in [0.25, 0.3) is 0 Å². The minimum Gasteiger partial charge on any atom is -0.507 e. The molecule has 0 amide bonds. The van der Waals surface area contributed by atoms with Crippen molar-refractivity contribution in [1.82, 2.24) is 0 Å². The molecule has 0 aliphatic rings. The lowest BCUT2D eigenvalue weighted by atomic mass is 9.73. The van der Waals surface area contributed by atoms with Gasteiger partial charge >= 0.3 is 0 Å². The Labute approximate surface area is 155 Å². The van der Waals surface area contributed by atoms with Crippen molar-refractivity contribution in [3.8, 4) is 5.75 Å². The first-order valence-corrected chi connectivity index (χ1v) is 9.73. The van der Waals surface area contributed by atoms with Gasteiger partial charge in [0, 0.05) is 5.41 Å². The fourth-order valence-electron chi connectivity index (χ4n) is 3.45. The number of unbranched alkanes of at least 4 members (excludes halogenated alkanes) is 1. The highest BCUT2D eigenvalue weighted by Crippen LogP contribution is 2.41. The fourth-order valence-corrected chi connectivity index (χ4v) is 3.45. The second-order valence-corrected chi connectivity index (χ2v) is 9.65. The zero-order valence-corrected chi connectivity index (χ0v) is 17.6. The standard InChI is InChI=1S/C23H38O2/c1-9-11-12-23(10-2,16-24)15-17-13-18(21(3,4)5)20(25)19(14-17)22(6,7)8/h13-14,16,25H,9-12,15H2,1-8H3. The third-order valence-corrected chi connectivity index (χ3v) is 5.32. The van der Waals surface area contributed by atoms with Crippen LogP contribution < -0.4 is 0 Å². The summed E-state index contributed by atoms with van der Waals surface area (Å²) in [5, 5.41) is 10.9. The smallest absolute Gasteiger partial charge is 0.126 e. The third-order valence-electron chi connectivity index (χ3n) is 5.32. The van der Waals surface area contributed by atoms with Crippen molar-refractivity contribution in [3.05, 3.63) is 28.8 Å². The van der Waals surface area contributed by atoms with Crippen molar-refractivity contribution in [2.45, 2.75) is 98.3 Å². The molecule has 1 N–H and O–H groups in total. The molecule has 1 aromatic rings. The van der Waals surface area contributed by atoms with E-state index in [1.165, 1.54) is 6.29 Å². The van der Waals surface area contributed by atoms with E-state index < -0.39 is 0 Å². The van der Waals surface area contributed by atoms with Crippen LogP contribution in [0, 0.1) is 5.41 Å². The molecule has 0 aliphatic carbocycles. The van der Waals surface area contributed by atoms with Gasteiger partial charge in [0.15, 0.2) is 0 Å². The molecule has 1 aromatic carbocycles. The Bertz CT molecular complexity index is 552. The molecule has 0 saturated carbocycles. The van der Waals surface area contributed by atoms with Gasteiger partial charge in [-0.3, -0.25) is 0 Å². The molecule has 142 valence electrons. The van der Waals surface area contributed by atoms with Crippen LogP contribution in [0.25, 0.3) is 0 Å². The molecule has 2 nitrogen and oxygen atoms in total. The lowest BCUT2D eigenvalue weighted by Gasteiger charge is -2.31. The van der Waals surface area contributed by atoms with Crippen molar-refractivity contribution < 1.29 is 9.90 Å². The maximum Gasteiger partial charge on any atom is 0.126 e. The number of carbonyl (C=O) groups excluding carboxylic acids is 1. The minimum absolute atomic E-state index is 0.139. The molecule has 1 unspecified atom stereocenters. The van der Waals surface area contributed by atoms with E-state index >= 15 is 0 Å². The van der Waals surface area contributed by atoms with E-state index in [0.717, 1.165) is 48.8 Å². The Kier molecular flexibility index (Phi) is 6.89. The van der Waals surface area contributed by atoms with Gasteiger partial charge in [-0.25, -0.2) is 0 Å². The molecule has 1 atom stereocenters. The summed E-state index contributed by atoms with van der Waals surface area (Å²) in [6.45, 7) is 17.0. The maximum absolute atomic E-state index is 11.9. The van der Waals surface area contributed by atoms with E-state index in [4.69, 9.17) is 0 Å². The van der Waals surface area contributed by atoms with Gasteiger partial charge in [-0.15, -0.1) is 0 Å². The van der Waals surface area contributed by atoms with Crippen LogP contribution in [0.2, 0.25) is 0 Å². The van der Waals surface area contributed by atoms with Crippen molar-refractivity contribution in [2.75, 3.05) is 0 Å². The molecule has 1 rings (SSSR count). The molecule has 0 fully saturated rings. The number of phenols is 1. The van der Waals surface area contributed by atoms with Crippen LogP contribution in [0.3, 0.4) is 0 Å².